The van der Waals surface area contributed by atoms with Gasteiger partial charge in [0.15, 0.2) is 5.65 Å². The lowest BCUT2D eigenvalue weighted by molar-refractivity contribution is 0.0254. The van der Waals surface area contributed by atoms with Gasteiger partial charge in [-0.15, -0.1) is 0 Å². The Kier molecular flexibility index (Phi) is 6.13. The van der Waals surface area contributed by atoms with Crippen LogP contribution in [0.5, 0.6) is 5.75 Å². The van der Waals surface area contributed by atoms with E-state index >= 15 is 0 Å². The molecule has 0 saturated carbocycles. The highest BCUT2D eigenvalue weighted by Crippen LogP contribution is 2.36. The zero-order valence-electron chi connectivity index (χ0n) is 18.0. The Balaban J connectivity index is 1.66. The Morgan fingerprint density at radius 3 is 2.59 bits per heavy atom. The number of hydrogen-bond donors (Lipinski definition) is 0. The first-order valence-corrected chi connectivity index (χ1v) is 13.0. The fourth-order valence-corrected chi connectivity index (χ4v) is 5.95. The number of fused-ring (bicyclic) bond motifs is 1. The summed E-state index contributed by atoms with van der Waals surface area (Å²) in [6.07, 6.45) is 3.06. The van der Waals surface area contributed by atoms with Gasteiger partial charge in [-0.3, -0.25) is 0 Å². The van der Waals surface area contributed by atoms with Crippen molar-refractivity contribution in [1.29, 1.82) is 5.26 Å². The number of ether oxygens (including phenoxy) is 2. The van der Waals surface area contributed by atoms with E-state index in [9.17, 15) is 13.7 Å². The van der Waals surface area contributed by atoms with E-state index in [0.29, 0.717) is 46.8 Å². The van der Waals surface area contributed by atoms with Crippen LogP contribution in [0.1, 0.15) is 18.4 Å². The van der Waals surface area contributed by atoms with Gasteiger partial charge in [-0.05, 0) is 58.4 Å². The molecule has 4 aromatic rings. The zero-order chi connectivity index (χ0) is 23.7. The molecule has 0 atom stereocenters. The first-order chi connectivity index (χ1) is 16.5. The molecule has 9 heteroatoms. The Morgan fingerprint density at radius 1 is 1.09 bits per heavy atom. The zero-order valence-corrected chi connectivity index (χ0v) is 20.4. The number of benzene rings is 2. The molecule has 0 amide bonds. The summed E-state index contributed by atoms with van der Waals surface area (Å²) in [4.78, 5) is 4.52. The van der Waals surface area contributed by atoms with Gasteiger partial charge in [0, 0.05) is 34.5 Å². The minimum atomic E-state index is -3.96. The molecule has 1 saturated heterocycles. The SMILES string of the molecule is N#Cc1cc(-c2cc3c(Br)ccnc3n2S(=O)(=O)c2ccccc2)ccc1OC1CCOCC1. The second-order valence-corrected chi connectivity index (χ2v) is 10.5. The number of nitrogens with zero attached hydrogens (tertiary/aromatic N) is 3. The number of pyridine rings is 1. The first kappa shape index (κ1) is 22.6. The maximum atomic E-state index is 13.7. The molecule has 1 fully saturated rings. The summed E-state index contributed by atoms with van der Waals surface area (Å²) >= 11 is 3.50. The summed E-state index contributed by atoms with van der Waals surface area (Å²) in [6, 6.07) is 19.1. The molecule has 2 aromatic carbocycles. The third-order valence-electron chi connectivity index (χ3n) is 5.75. The molecular weight excluding hydrogens is 518 g/mol. The first-order valence-electron chi connectivity index (χ1n) is 10.7. The van der Waals surface area contributed by atoms with Crippen LogP contribution in [0.25, 0.3) is 22.3 Å². The fourth-order valence-electron chi connectivity index (χ4n) is 4.04. The van der Waals surface area contributed by atoms with Crippen LogP contribution >= 0.6 is 15.9 Å². The van der Waals surface area contributed by atoms with E-state index in [1.165, 1.54) is 3.97 Å². The summed E-state index contributed by atoms with van der Waals surface area (Å²) in [7, 11) is -3.96. The molecule has 172 valence electrons. The molecule has 1 aliphatic rings. The summed E-state index contributed by atoms with van der Waals surface area (Å²) in [5, 5.41) is 10.5. The van der Waals surface area contributed by atoms with Gasteiger partial charge in [-0.25, -0.2) is 17.4 Å². The predicted octanol–water partition coefficient (Wildman–Crippen LogP) is 5.13. The van der Waals surface area contributed by atoms with Gasteiger partial charge in [-0.2, -0.15) is 5.26 Å². The van der Waals surface area contributed by atoms with Crippen LogP contribution in [0.2, 0.25) is 0 Å². The third kappa shape index (κ3) is 4.09. The Hall–Kier alpha value is -3.19. The van der Waals surface area contributed by atoms with Crippen LogP contribution < -0.4 is 4.74 Å². The van der Waals surface area contributed by atoms with Gasteiger partial charge < -0.3 is 9.47 Å². The van der Waals surface area contributed by atoms with Crippen molar-refractivity contribution >= 4 is 37.0 Å². The third-order valence-corrected chi connectivity index (χ3v) is 8.16. The van der Waals surface area contributed by atoms with Gasteiger partial charge in [-0.1, -0.05) is 18.2 Å². The van der Waals surface area contributed by atoms with Crippen LogP contribution in [0.4, 0.5) is 0 Å². The summed E-state index contributed by atoms with van der Waals surface area (Å²) in [5.74, 6) is 0.478. The lowest BCUT2D eigenvalue weighted by atomic mass is 10.1. The summed E-state index contributed by atoms with van der Waals surface area (Å²) in [6.45, 7) is 1.26. The minimum Gasteiger partial charge on any atom is -0.489 e. The largest absolute Gasteiger partial charge is 0.489 e. The monoisotopic (exact) mass is 537 g/mol. The molecule has 5 rings (SSSR count). The van der Waals surface area contributed by atoms with Crippen molar-refractivity contribution in [2.24, 2.45) is 0 Å². The molecule has 2 aromatic heterocycles. The molecular formula is C25H20BrN3O4S. The van der Waals surface area contributed by atoms with Crippen LogP contribution in [0.3, 0.4) is 0 Å². The van der Waals surface area contributed by atoms with E-state index in [-0.39, 0.29) is 11.0 Å². The topological polar surface area (TPSA) is 94.2 Å². The molecule has 0 aliphatic carbocycles. The standard InChI is InChI=1S/C25H20BrN3O4S/c26-22-8-11-28-25-21(22)15-23(29(25)34(30,31)20-4-2-1-3-5-20)17-6-7-24(18(14-17)16-27)33-19-9-12-32-13-10-19/h1-8,11,14-15,19H,9-10,12-13H2. The van der Waals surface area contributed by atoms with Crippen molar-refractivity contribution in [3.05, 3.63) is 76.9 Å². The molecule has 1 aliphatic heterocycles. The van der Waals surface area contributed by atoms with Crippen LogP contribution in [0, 0.1) is 11.3 Å². The number of rotatable bonds is 5. The number of nitriles is 1. The second kappa shape index (κ2) is 9.22. The van der Waals surface area contributed by atoms with Gasteiger partial charge in [0.1, 0.15) is 17.9 Å². The lowest BCUT2D eigenvalue weighted by Gasteiger charge is -2.24. The highest BCUT2D eigenvalue weighted by Gasteiger charge is 2.26. The summed E-state index contributed by atoms with van der Waals surface area (Å²) < 4.78 is 40.8. The number of aromatic nitrogens is 2. The molecule has 34 heavy (non-hydrogen) atoms. The lowest BCUT2D eigenvalue weighted by Crippen LogP contribution is -2.26. The van der Waals surface area contributed by atoms with Crippen molar-refractivity contribution < 1.29 is 17.9 Å². The van der Waals surface area contributed by atoms with E-state index in [0.717, 1.165) is 17.3 Å². The maximum absolute atomic E-state index is 13.7. The Bertz CT molecular complexity index is 1500. The van der Waals surface area contributed by atoms with Gasteiger partial charge >= 0.3 is 0 Å². The normalized spacial score (nSPS) is 14.7. The molecule has 0 spiro atoms. The van der Waals surface area contributed by atoms with Gasteiger partial charge in [0.25, 0.3) is 10.0 Å². The van der Waals surface area contributed by atoms with Crippen molar-refractivity contribution in [2.45, 2.75) is 23.8 Å². The quantitative estimate of drug-likeness (QED) is 0.350. The number of halogens is 1. The molecule has 0 radical (unpaired) electrons. The van der Waals surface area contributed by atoms with Crippen LogP contribution in [-0.4, -0.2) is 36.7 Å². The highest BCUT2D eigenvalue weighted by molar-refractivity contribution is 9.10. The van der Waals surface area contributed by atoms with Crippen molar-refractivity contribution in [3.63, 3.8) is 0 Å². The predicted molar refractivity (Wildman–Crippen MR) is 131 cm³/mol. The van der Waals surface area contributed by atoms with Crippen LogP contribution in [0.15, 0.2) is 76.2 Å². The minimum absolute atomic E-state index is 0.0169. The molecule has 7 nitrogen and oxygen atoms in total. The Labute approximate surface area is 205 Å². The second-order valence-electron chi connectivity index (χ2n) is 7.89. The van der Waals surface area contributed by atoms with Crippen LogP contribution in [-0.2, 0) is 14.8 Å². The maximum Gasteiger partial charge on any atom is 0.269 e. The smallest absolute Gasteiger partial charge is 0.269 e. The summed E-state index contributed by atoms with van der Waals surface area (Å²) in [5.41, 5.74) is 1.62. The Morgan fingerprint density at radius 2 is 1.85 bits per heavy atom. The average Bonchev–Trinajstić information content (AvgIpc) is 3.27. The van der Waals surface area contributed by atoms with Gasteiger partial charge in [0.2, 0.25) is 0 Å². The fraction of sp³-hybridized carbons (Fsp3) is 0.200. The molecule has 0 N–H and O–H groups in total. The molecule has 0 unspecified atom stereocenters. The van der Waals surface area contributed by atoms with E-state index in [1.807, 2.05) is 0 Å². The molecule has 0 bridgehead atoms. The van der Waals surface area contributed by atoms with E-state index in [4.69, 9.17) is 9.47 Å². The molecule has 3 heterocycles. The van der Waals surface area contributed by atoms with E-state index in [2.05, 4.69) is 27.0 Å². The average molecular weight is 538 g/mol. The highest BCUT2D eigenvalue weighted by atomic mass is 79.9. The van der Waals surface area contributed by atoms with E-state index < -0.39 is 10.0 Å². The van der Waals surface area contributed by atoms with Gasteiger partial charge in [0.05, 0.1) is 29.4 Å². The van der Waals surface area contributed by atoms with E-state index in [1.54, 1.807) is 66.9 Å². The number of hydrogen-bond acceptors (Lipinski definition) is 6. The van der Waals surface area contributed by atoms with Crippen molar-refractivity contribution in [3.8, 4) is 23.1 Å². The van der Waals surface area contributed by atoms with Crippen molar-refractivity contribution in [2.75, 3.05) is 13.2 Å². The van der Waals surface area contributed by atoms with Crippen molar-refractivity contribution in [1.82, 2.24) is 8.96 Å².